The molecule has 0 unspecified atom stereocenters. The molecule has 0 bridgehead atoms. The van der Waals surface area contributed by atoms with Gasteiger partial charge in [0.25, 0.3) is 0 Å². The second kappa shape index (κ2) is 7.21. The standard InChI is InChI=1S/C18H16F3N3O2S/c19-18(20,21)15-2-4-16(5-3-15)27(25,26)23-8-10-24-9-7-14-11-13(12-22)1-6-17(14)24/h1-6,11,23H,7-10H2. The molecule has 0 amide bonds. The topological polar surface area (TPSA) is 73.2 Å². The fourth-order valence-electron chi connectivity index (χ4n) is 2.99. The normalized spacial score (nSPS) is 14.1. The van der Waals surface area contributed by atoms with Crippen LogP contribution in [0.4, 0.5) is 18.9 Å². The summed E-state index contributed by atoms with van der Waals surface area (Å²) in [4.78, 5) is 1.79. The van der Waals surface area contributed by atoms with Crippen molar-refractivity contribution >= 4 is 15.7 Å². The summed E-state index contributed by atoms with van der Waals surface area (Å²) >= 11 is 0. The van der Waals surface area contributed by atoms with Crippen LogP contribution >= 0.6 is 0 Å². The molecule has 0 atom stereocenters. The number of nitrogens with one attached hydrogen (secondary N) is 1. The van der Waals surface area contributed by atoms with Gasteiger partial charge in [-0.2, -0.15) is 18.4 Å². The van der Waals surface area contributed by atoms with Crippen LogP contribution in [0.25, 0.3) is 0 Å². The van der Waals surface area contributed by atoms with Crippen molar-refractivity contribution in [3.05, 3.63) is 59.2 Å². The van der Waals surface area contributed by atoms with E-state index in [0.29, 0.717) is 18.7 Å². The van der Waals surface area contributed by atoms with Gasteiger partial charge in [-0.3, -0.25) is 0 Å². The van der Waals surface area contributed by atoms with Crippen molar-refractivity contribution < 1.29 is 21.6 Å². The number of nitrogens with zero attached hydrogens (tertiary/aromatic N) is 2. The Balaban J connectivity index is 1.62. The van der Waals surface area contributed by atoms with E-state index in [0.717, 1.165) is 41.9 Å². The molecule has 9 heteroatoms. The zero-order valence-electron chi connectivity index (χ0n) is 14.1. The Bertz CT molecular complexity index is 980. The lowest BCUT2D eigenvalue weighted by Gasteiger charge is -2.19. The van der Waals surface area contributed by atoms with Crippen molar-refractivity contribution in [3.8, 4) is 6.07 Å². The zero-order chi connectivity index (χ0) is 19.7. The Morgan fingerprint density at radius 1 is 1.15 bits per heavy atom. The fourth-order valence-corrected chi connectivity index (χ4v) is 4.01. The van der Waals surface area contributed by atoms with E-state index in [1.165, 1.54) is 0 Å². The maximum Gasteiger partial charge on any atom is 0.416 e. The van der Waals surface area contributed by atoms with Crippen molar-refractivity contribution in [2.75, 3.05) is 24.5 Å². The van der Waals surface area contributed by atoms with Crippen LogP contribution in [0.15, 0.2) is 47.4 Å². The number of sulfonamides is 1. The van der Waals surface area contributed by atoms with Crippen molar-refractivity contribution in [3.63, 3.8) is 0 Å². The molecular formula is C18H16F3N3O2S. The number of rotatable bonds is 5. The number of hydrogen-bond acceptors (Lipinski definition) is 4. The van der Waals surface area contributed by atoms with Crippen LogP contribution in [0.2, 0.25) is 0 Å². The van der Waals surface area contributed by atoms with E-state index >= 15 is 0 Å². The predicted octanol–water partition coefficient (Wildman–Crippen LogP) is 2.92. The first-order valence-electron chi connectivity index (χ1n) is 8.15. The molecule has 1 aliphatic rings. The maximum atomic E-state index is 12.6. The molecule has 5 nitrogen and oxygen atoms in total. The summed E-state index contributed by atoms with van der Waals surface area (Å²) in [6.07, 6.45) is -3.74. The van der Waals surface area contributed by atoms with Gasteiger partial charge < -0.3 is 4.90 Å². The SMILES string of the molecule is N#Cc1ccc2c(c1)CCN2CCNS(=O)(=O)c1ccc(C(F)(F)F)cc1. The quantitative estimate of drug-likeness (QED) is 0.845. The second-order valence-corrected chi connectivity index (χ2v) is 7.88. The Labute approximate surface area is 155 Å². The van der Waals surface area contributed by atoms with Crippen molar-refractivity contribution in [2.45, 2.75) is 17.5 Å². The Hall–Kier alpha value is -2.57. The Kier molecular flexibility index (Phi) is 5.13. The van der Waals surface area contributed by atoms with Gasteiger partial charge in [-0.1, -0.05) is 0 Å². The van der Waals surface area contributed by atoms with E-state index in [1.54, 1.807) is 6.07 Å². The van der Waals surface area contributed by atoms with Gasteiger partial charge in [0.1, 0.15) is 0 Å². The minimum atomic E-state index is -4.51. The molecular weight excluding hydrogens is 379 g/mol. The summed E-state index contributed by atoms with van der Waals surface area (Å²) in [7, 11) is -3.89. The van der Waals surface area contributed by atoms with Gasteiger partial charge in [0.2, 0.25) is 10.0 Å². The number of nitriles is 1. The lowest BCUT2D eigenvalue weighted by atomic mass is 10.1. The summed E-state index contributed by atoms with van der Waals surface area (Å²) < 4.78 is 64.6. The molecule has 0 spiro atoms. The lowest BCUT2D eigenvalue weighted by molar-refractivity contribution is -0.137. The van der Waals surface area contributed by atoms with Gasteiger partial charge in [-0.05, 0) is 54.4 Å². The van der Waals surface area contributed by atoms with Gasteiger partial charge in [-0.15, -0.1) is 0 Å². The molecule has 2 aromatic carbocycles. The number of alkyl halides is 3. The zero-order valence-corrected chi connectivity index (χ0v) is 14.9. The Morgan fingerprint density at radius 3 is 2.48 bits per heavy atom. The molecule has 0 aromatic heterocycles. The molecule has 1 aliphatic heterocycles. The summed E-state index contributed by atoms with van der Waals surface area (Å²) in [6, 6.07) is 10.8. The number of anilines is 1. The highest BCUT2D eigenvalue weighted by atomic mass is 32.2. The average Bonchev–Trinajstić information content (AvgIpc) is 3.03. The van der Waals surface area contributed by atoms with Gasteiger partial charge in [0.05, 0.1) is 22.1 Å². The van der Waals surface area contributed by atoms with Crippen LogP contribution in [0.5, 0.6) is 0 Å². The largest absolute Gasteiger partial charge is 0.416 e. The number of hydrogen-bond donors (Lipinski definition) is 1. The first-order valence-corrected chi connectivity index (χ1v) is 9.64. The van der Waals surface area contributed by atoms with Gasteiger partial charge in [0.15, 0.2) is 0 Å². The second-order valence-electron chi connectivity index (χ2n) is 6.11. The van der Waals surface area contributed by atoms with Crippen LogP contribution in [0.1, 0.15) is 16.7 Å². The highest BCUT2D eigenvalue weighted by Gasteiger charge is 2.30. The molecule has 0 saturated heterocycles. The molecule has 1 N–H and O–H groups in total. The third kappa shape index (κ3) is 4.23. The van der Waals surface area contributed by atoms with Crippen LogP contribution < -0.4 is 9.62 Å². The summed E-state index contributed by atoms with van der Waals surface area (Å²) in [5, 5.41) is 8.93. The van der Waals surface area contributed by atoms with Crippen LogP contribution in [0, 0.1) is 11.3 Å². The van der Waals surface area contributed by atoms with Crippen LogP contribution in [-0.4, -0.2) is 28.1 Å². The summed E-state index contributed by atoms with van der Waals surface area (Å²) in [5.41, 5.74) is 1.69. The first-order chi connectivity index (χ1) is 12.7. The number of fused-ring (bicyclic) bond motifs is 1. The fraction of sp³-hybridized carbons (Fsp3) is 0.278. The number of benzene rings is 2. The smallest absolute Gasteiger partial charge is 0.370 e. The average molecular weight is 395 g/mol. The van der Waals surface area contributed by atoms with E-state index in [4.69, 9.17) is 5.26 Å². The van der Waals surface area contributed by atoms with E-state index in [1.807, 2.05) is 17.0 Å². The highest BCUT2D eigenvalue weighted by molar-refractivity contribution is 7.89. The third-order valence-corrected chi connectivity index (χ3v) is 5.84. The van der Waals surface area contributed by atoms with Crippen LogP contribution in [0.3, 0.4) is 0 Å². The van der Waals surface area contributed by atoms with Crippen LogP contribution in [-0.2, 0) is 22.6 Å². The first kappa shape index (κ1) is 19.2. The molecule has 27 heavy (non-hydrogen) atoms. The highest BCUT2D eigenvalue weighted by Crippen LogP contribution is 2.30. The molecule has 0 fully saturated rings. The van der Waals surface area contributed by atoms with Crippen molar-refractivity contribution in [1.29, 1.82) is 5.26 Å². The van der Waals surface area contributed by atoms with E-state index in [-0.39, 0.29) is 11.4 Å². The molecule has 142 valence electrons. The predicted molar refractivity (Wildman–Crippen MR) is 93.7 cm³/mol. The molecule has 0 radical (unpaired) electrons. The van der Waals surface area contributed by atoms with Gasteiger partial charge >= 0.3 is 6.18 Å². The van der Waals surface area contributed by atoms with Gasteiger partial charge in [-0.25, -0.2) is 13.1 Å². The molecule has 2 aromatic rings. The summed E-state index contributed by atoms with van der Waals surface area (Å²) in [6.45, 7) is 1.24. The molecule has 0 aliphatic carbocycles. The van der Waals surface area contributed by atoms with Gasteiger partial charge in [0, 0.05) is 25.3 Å². The van der Waals surface area contributed by atoms with Crippen molar-refractivity contribution in [2.24, 2.45) is 0 Å². The Morgan fingerprint density at radius 2 is 1.85 bits per heavy atom. The maximum absolute atomic E-state index is 12.6. The minimum absolute atomic E-state index is 0.114. The minimum Gasteiger partial charge on any atom is -0.370 e. The molecule has 3 rings (SSSR count). The number of halogens is 3. The van der Waals surface area contributed by atoms with E-state index < -0.39 is 21.8 Å². The van der Waals surface area contributed by atoms with E-state index in [2.05, 4.69) is 10.8 Å². The monoisotopic (exact) mass is 395 g/mol. The molecule has 1 heterocycles. The molecule has 0 saturated carbocycles. The third-order valence-electron chi connectivity index (χ3n) is 4.37. The lowest BCUT2D eigenvalue weighted by Crippen LogP contribution is -2.34. The van der Waals surface area contributed by atoms with E-state index in [9.17, 15) is 21.6 Å². The van der Waals surface area contributed by atoms with Crippen molar-refractivity contribution in [1.82, 2.24) is 4.72 Å². The summed E-state index contributed by atoms with van der Waals surface area (Å²) in [5.74, 6) is 0.